The Hall–Kier alpha value is -2.54. The maximum Gasteiger partial charge on any atom is 0.130 e. The molecule has 96 valence electrons. The van der Waals surface area contributed by atoms with Gasteiger partial charge in [0.15, 0.2) is 0 Å². The Morgan fingerprint density at radius 2 is 1.55 bits per heavy atom. The zero-order valence-electron chi connectivity index (χ0n) is 11.3. The Balaban J connectivity index is 2.40. The minimum absolute atomic E-state index is 0.323. The second-order valence-electron chi connectivity index (χ2n) is 5.32. The third-order valence-corrected chi connectivity index (χ3v) is 4.22. The van der Waals surface area contributed by atoms with Crippen molar-refractivity contribution >= 4 is 38.4 Å². The van der Waals surface area contributed by atoms with Gasteiger partial charge in [0.05, 0.1) is 0 Å². The van der Waals surface area contributed by atoms with Crippen LogP contribution >= 0.6 is 0 Å². The van der Waals surface area contributed by atoms with Gasteiger partial charge in [0.1, 0.15) is 5.75 Å². The molecule has 4 rings (SSSR count). The lowest BCUT2D eigenvalue weighted by molar-refractivity contribution is 0.480. The van der Waals surface area contributed by atoms with Gasteiger partial charge in [-0.15, -0.1) is 0 Å². The molecule has 0 aliphatic heterocycles. The minimum Gasteiger partial charge on any atom is -0.507 e. The van der Waals surface area contributed by atoms with Crippen LogP contribution in [0.25, 0.3) is 38.4 Å². The number of benzene rings is 4. The van der Waals surface area contributed by atoms with Gasteiger partial charge < -0.3 is 5.11 Å². The summed E-state index contributed by atoms with van der Waals surface area (Å²) in [6.07, 6.45) is 1.70. The molecule has 0 aliphatic carbocycles. The molecule has 1 nitrogen and oxygen atoms in total. The van der Waals surface area contributed by atoms with E-state index in [1.165, 1.54) is 21.7 Å². The number of hydrogen-bond donors (Lipinski definition) is 1. The monoisotopic (exact) mass is 258 g/mol. The SMILES string of the molecule is C=Cc1cc2ccc3ccc(C)c4ccc(c1O)c2c34. The minimum atomic E-state index is 0.323. The van der Waals surface area contributed by atoms with Crippen molar-refractivity contribution in [2.75, 3.05) is 0 Å². The third kappa shape index (κ3) is 1.27. The molecule has 0 spiro atoms. The van der Waals surface area contributed by atoms with Crippen LogP contribution < -0.4 is 0 Å². The van der Waals surface area contributed by atoms with Crippen molar-refractivity contribution < 1.29 is 5.11 Å². The zero-order chi connectivity index (χ0) is 13.9. The molecule has 1 heteroatoms. The molecule has 0 amide bonds. The fourth-order valence-corrected chi connectivity index (χ4v) is 3.19. The van der Waals surface area contributed by atoms with E-state index >= 15 is 0 Å². The van der Waals surface area contributed by atoms with Gasteiger partial charge in [0.25, 0.3) is 0 Å². The van der Waals surface area contributed by atoms with E-state index in [9.17, 15) is 5.11 Å². The number of hydrogen-bond acceptors (Lipinski definition) is 1. The molecule has 0 aliphatic rings. The molecule has 0 atom stereocenters. The van der Waals surface area contributed by atoms with Crippen LogP contribution in [0.2, 0.25) is 0 Å². The summed E-state index contributed by atoms with van der Waals surface area (Å²) >= 11 is 0. The molecule has 1 N–H and O–H groups in total. The highest BCUT2D eigenvalue weighted by Gasteiger charge is 2.13. The lowest BCUT2D eigenvalue weighted by atomic mass is 9.90. The van der Waals surface area contributed by atoms with Gasteiger partial charge in [-0.3, -0.25) is 0 Å². The Kier molecular flexibility index (Phi) is 2.11. The average molecular weight is 258 g/mol. The van der Waals surface area contributed by atoms with Crippen LogP contribution in [0.4, 0.5) is 0 Å². The standard InChI is InChI=1S/C19H14O/c1-3-12-10-14-7-6-13-5-4-11(2)15-8-9-16(19(12)20)18(14)17(13)15/h3-10,20H,1H2,2H3. The summed E-state index contributed by atoms with van der Waals surface area (Å²) in [5.41, 5.74) is 2.05. The van der Waals surface area contributed by atoms with Crippen LogP contribution in [-0.2, 0) is 0 Å². The van der Waals surface area contributed by atoms with Crippen LogP contribution in [0.3, 0.4) is 0 Å². The summed E-state index contributed by atoms with van der Waals surface area (Å²) in [5, 5.41) is 17.3. The predicted molar refractivity (Wildman–Crippen MR) is 86.6 cm³/mol. The van der Waals surface area contributed by atoms with Gasteiger partial charge in [0.2, 0.25) is 0 Å². The summed E-state index contributed by atoms with van der Waals surface area (Å²) < 4.78 is 0. The Morgan fingerprint density at radius 3 is 2.35 bits per heavy atom. The molecule has 4 aromatic carbocycles. The summed E-state index contributed by atoms with van der Waals surface area (Å²) in [4.78, 5) is 0. The van der Waals surface area contributed by atoms with Crippen molar-refractivity contribution in [1.82, 2.24) is 0 Å². The first-order valence-corrected chi connectivity index (χ1v) is 6.73. The van der Waals surface area contributed by atoms with Gasteiger partial charge in [-0.1, -0.05) is 43.0 Å². The van der Waals surface area contributed by atoms with Gasteiger partial charge in [-0.05, 0) is 46.2 Å². The number of aromatic hydroxyl groups is 1. The van der Waals surface area contributed by atoms with E-state index in [-0.39, 0.29) is 0 Å². The predicted octanol–water partition coefficient (Wildman–Crippen LogP) is 5.24. The summed E-state index contributed by atoms with van der Waals surface area (Å²) in [7, 11) is 0. The summed E-state index contributed by atoms with van der Waals surface area (Å²) in [6, 6.07) is 14.7. The third-order valence-electron chi connectivity index (χ3n) is 4.22. The van der Waals surface area contributed by atoms with E-state index in [1.807, 2.05) is 12.1 Å². The normalized spacial score (nSPS) is 11.7. The van der Waals surface area contributed by atoms with Gasteiger partial charge >= 0.3 is 0 Å². The van der Waals surface area contributed by atoms with Crippen molar-refractivity contribution in [3.63, 3.8) is 0 Å². The van der Waals surface area contributed by atoms with Crippen molar-refractivity contribution in [1.29, 1.82) is 0 Å². The van der Waals surface area contributed by atoms with E-state index in [2.05, 4.69) is 43.8 Å². The summed E-state index contributed by atoms with van der Waals surface area (Å²) in [5.74, 6) is 0.323. The quantitative estimate of drug-likeness (QED) is 0.463. The maximum absolute atomic E-state index is 10.4. The molecule has 0 radical (unpaired) electrons. The first-order chi connectivity index (χ1) is 9.70. The lowest BCUT2D eigenvalue weighted by Crippen LogP contribution is -1.88. The van der Waals surface area contributed by atoms with Crippen molar-refractivity contribution in [3.05, 3.63) is 60.2 Å². The second-order valence-corrected chi connectivity index (χ2v) is 5.32. The van der Waals surface area contributed by atoms with Gasteiger partial charge in [0, 0.05) is 16.3 Å². The highest BCUT2D eigenvalue weighted by molar-refractivity contribution is 6.25. The van der Waals surface area contributed by atoms with Crippen molar-refractivity contribution in [3.8, 4) is 5.75 Å². The van der Waals surface area contributed by atoms with Crippen molar-refractivity contribution in [2.45, 2.75) is 6.92 Å². The number of phenolic OH excluding ortho intramolecular Hbond substituents is 1. The van der Waals surface area contributed by atoms with E-state index in [0.717, 1.165) is 21.7 Å². The molecule has 0 saturated carbocycles. The van der Waals surface area contributed by atoms with Crippen LogP contribution in [0.1, 0.15) is 11.1 Å². The highest BCUT2D eigenvalue weighted by atomic mass is 16.3. The molecule has 0 unspecified atom stereocenters. The molecule has 20 heavy (non-hydrogen) atoms. The Morgan fingerprint density at radius 1 is 0.900 bits per heavy atom. The number of phenols is 1. The molecular weight excluding hydrogens is 244 g/mol. The van der Waals surface area contributed by atoms with E-state index in [1.54, 1.807) is 6.08 Å². The smallest absolute Gasteiger partial charge is 0.130 e. The summed E-state index contributed by atoms with van der Waals surface area (Å²) in [6.45, 7) is 5.91. The fraction of sp³-hybridized carbons (Fsp3) is 0.0526. The van der Waals surface area contributed by atoms with E-state index < -0.39 is 0 Å². The molecule has 0 heterocycles. The number of rotatable bonds is 1. The van der Waals surface area contributed by atoms with Crippen LogP contribution in [-0.4, -0.2) is 5.11 Å². The topological polar surface area (TPSA) is 20.2 Å². The van der Waals surface area contributed by atoms with Crippen molar-refractivity contribution in [2.24, 2.45) is 0 Å². The van der Waals surface area contributed by atoms with Crippen LogP contribution in [0.15, 0.2) is 49.0 Å². The fourth-order valence-electron chi connectivity index (χ4n) is 3.19. The first kappa shape index (κ1) is 11.3. The van der Waals surface area contributed by atoms with Gasteiger partial charge in [-0.2, -0.15) is 0 Å². The lowest BCUT2D eigenvalue weighted by Gasteiger charge is -2.14. The molecule has 0 fully saturated rings. The van der Waals surface area contributed by atoms with Gasteiger partial charge in [-0.25, -0.2) is 0 Å². The Labute approximate surface area is 117 Å². The van der Waals surface area contributed by atoms with Crippen LogP contribution in [0.5, 0.6) is 5.75 Å². The van der Waals surface area contributed by atoms with E-state index in [0.29, 0.717) is 5.75 Å². The average Bonchev–Trinajstić information content (AvgIpc) is 2.48. The second kappa shape index (κ2) is 3.73. The largest absolute Gasteiger partial charge is 0.507 e. The molecule has 4 aromatic rings. The molecule has 0 aromatic heterocycles. The Bertz CT molecular complexity index is 979. The maximum atomic E-state index is 10.4. The van der Waals surface area contributed by atoms with E-state index in [4.69, 9.17) is 0 Å². The number of aryl methyl sites for hydroxylation is 1. The molecule has 0 bridgehead atoms. The van der Waals surface area contributed by atoms with Crippen LogP contribution in [0, 0.1) is 6.92 Å². The zero-order valence-corrected chi connectivity index (χ0v) is 11.3. The highest BCUT2D eigenvalue weighted by Crippen LogP contribution is 2.41. The molecule has 0 saturated heterocycles. The molecular formula is C19H14O. The first-order valence-electron chi connectivity index (χ1n) is 6.73.